The summed E-state index contributed by atoms with van der Waals surface area (Å²) in [6.07, 6.45) is 4.54. The van der Waals surface area contributed by atoms with Gasteiger partial charge in [0.2, 0.25) is 5.91 Å². The van der Waals surface area contributed by atoms with Crippen molar-refractivity contribution in [3.05, 3.63) is 0 Å². The molecule has 1 fully saturated rings. The Balaban J connectivity index is 2.21. The zero-order chi connectivity index (χ0) is 11.8. The van der Waals surface area contributed by atoms with Gasteiger partial charge in [-0.15, -0.1) is 0 Å². The number of carbonyl (C=O) groups is 1. The first-order valence-corrected chi connectivity index (χ1v) is 6.51. The predicted octanol–water partition coefficient (Wildman–Crippen LogP) is 0.934. The molecule has 1 saturated heterocycles. The Labute approximate surface area is 98.8 Å². The molecule has 1 unspecified atom stereocenters. The maximum absolute atomic E-state index is 11.3. The van der Waals surface area contributed by atoms with E-state index in [9.17, 15) is 4.79 Å². The summed E-state index contributed by atoms with van der Waals surface area (Å²) in [4.78, 5) is 13.7. The van der Waals surface area contributed by atoms with Crippen LogP contribution in [-0.2, 0) is 4.79 Å². The summed E-state index contributed by atoms with van der Waals surface area (Å²) in [5.41, 5.74) is 0. The van der Waals surface area contributed by atoms with E-state index in [0.29, 0.717) is 6.42 Å². The van der Waals surface area contributed by atoms with Crippen molar-refractivity contribution in [1.29, 1.82) is 0 Å². The highest BCUT2D eigenvalue weighted by Crippen LogP contribution is 2.02. The lowest BCUT2D eigenvalue weighted by Gasteiger charge is -2.34. The lowest BCUT2D eigenvalue weighted by Crippen LogP contribution is -2.58. The summed E-state index contributed by atoms with van der Waals surface area (Å²) in [7, 11) is 0. The van der Waals surface area contributed by atoms with Crippen LogP contribution < -0.4 is 10.6 Å². The van der Waals surface area contributed by atoms with Gasteiger partial charge in [-0.25, -0.2) is 0 Å². The molecule has 0 radical (unpaired) electrons. The van der Waals surface area contributed by atoms with E-state index in [1.807, 2.05) is 6.92 Å². The molecule has 1 aliphatic rings. The third-order valence-electron chi connectivity index (χ3n) is 2.99. The van der Waals surface area contributed by atoms with Crippen LogP contribution in [0.2, 0.25) is 0 Å². The van der Waals surface area contributed by atoms with Gasteiger partial charge < -0.3 is 5.32 Å². The van der Waals surface area contributed by atoms with E-state index in [-0.39, 0.29) is 12.1 Å². The molecule has 0 spiro atoms. The summed E-state index contributed by atoms with van der Waals surface area (Å²) in [6, 6.07) is 0. The van der Waals surface area contributed by atoms with Crippen molar-refractivity contribution in [1.82, 2.24) is 15.5 Å². The van der Waals surface area contributed by atoms with Crippen LogP contribution in [0.5, 0.6) is 0 Å². The molecular weight excluding hydrogens is 202 g/mol. The van der Waals surface area contributed by atoms with Crippen molar-refractivity contribution in [2.24, 2.45) is 0 Å². The fourth-order valence-corrected chi connectivity index (χ4v) is 1.99. The molecule has 0 aromatic carbocycles. The van der Waals surface area contributed by atoms with Crippen LogP contribution in [0.15, 0.2) is 0 Å². The van der Waals surface area contributed by atoms with Crippen molar-refractivity contribution >= 4 is 5.91 Å². The molecule has 2 N–H and O–H groups in total. The number of hydrogen-bond acceptors (Lipinski definition) is 3. The van der Waals surface area contributed by atoms with Crippen LogP contribution >= 0.6 is 0 Å². The molecule has 0 aromatic rings. The number of nitrogens with zero attached hydrogens (tertiary/aromatic N) is 1. The van der Waals surface area contributed by atoms with Crippen LogP contribution in [0.4, 0.5) is 0 Å². The minimum absolute atomic E-state index is 0.132. The third-order valence-corrected chi connectivity index (χ3v) is 2.99. The van der Waals surface area contributed by atoms with Gasteiger partial charge in [0.05, 0.1) is 6.17 Å². The van der Waals surface area contributed by atoms with E-state index >= 15 is 0 Å². The molecule has 1 rings (SSSR count). The largest absolute Gasteiger partial charge is 0.339 e. The molecule has 0 saturated carbocycles. The molecule has 94 valence electrons. The molecule has 16 heavy (non-hydrogen) atoms. The number of hydrogen-bond donors (Lipinski definition) is 2. The maximum atomic E-state index is 11.3. The minimum Gasteiger partial charge on any atom is -0.339 e. The van der Waals surface area contributed by atoms with Crippen LogP contribution in [0, 0.1) is 0 Å². The fraction of sp³-hybridized carbons (Fsp3) is 0.917. The van der Waals surface area contributed by atoms with Crippen molar-refractivity contribution in [2.75, 3.05) is 26.2 Å². The molecule has 0 bridgehead atoms. The van der Waals surface area contributed by atoms with Gasteiger partial charge in [0.15, 0.2) is 0 Å². The molecule has 1 amide bonds. The Kier molecular flexibility index (Phi) is 6.42. The second kappa shape index (κ2) is 7.63. The van der Waals surface area contributed by atoms with E-state index in [1.165, 1.54) is 19.3 Å². The molecule has 4 heteroatoms. The Morgan fingerprint density at radius 1 is 1.44 bits per heavy atom. The normalized spacial score (nSPS) is 22.0. The average Bonchev–Trinajstić information content (AvgIpc) is 2.30. The van der Waals surface area contributed by atoms with Crippen molar-refractivity contribution in [2.45, 2.75) is 45.7 Å². The van der Waals surface area contributed by atoms with Gasteiger partial charge in [0, 0.05) is 26.1 Å². The standard InChI is InChI=1S/C12H25N3O/c1-3-5-6-8-15-9-7-13-11(10-15)14-12(16)4-2/h11,13H,3-10H2,1-2H3,(H,14,16). The lowest BCUT2D eigenvalue weighted by atomic mass is 10.2. The van der Waals surface area contributed by atoms with Gasteiger partial charge in [0.1, 0.15) is 0 Å². The highest BCUT2D eigenvalue weighted by atomic mass is 16.1. The van der Waals surface area contributed by atoms with E-state index in [1.54, 1.807) is 0 Å². The number of nitrogens with one attached hydrogen (secondary N) is 2. The van der Waals surface area contributed by atoms with Crippen LogP contribution in [-0.4, -0.2) is 43.2 Å². The first-order chi connectivity index (χ1) is 7.76. The number of rotatable bonds is 6. The number of amides is 1. The Hall–Kier alpha value is -0.610. The molecule has 0 aromatic heterocycles. The third kappa shape index (κ3) is 4.94. The van der Waals surface area contributed by atoms with Gasteiger partial charge in [-0.3, -0.25) is 15.0 Å². The maximum Gasteiger partial charge on any atom is 0.220 e. The summed E-state index contributed by atoms with van der Waals surface area (Å²) in [6.45, 7) is 8.28. The van der Waals surface area contributed by atoms with Crippen LogP contribution in [0.1, 0.15) is 39.5 Å². The Morgan fingerprint density at radius 3 is 2.94 bits per heavy atom. The van der Waals surface area contributed by atoms with Crippen LogP contribution in [0.25, 0.3) is 0 Å². The summed E-state index contributed by atoms with van der Waals surface area (Å²) < 4.78 is 0. The zero-order valence-corrected chi connectivity index (χ0v) is 10.6. The highest BCUT2D eigenvalue weighted by Gasteiger charge is 2.19. The van der Waals surface area contributed by atoms with Crippen molar-refractivity contribution in [3.8, 4) is 0 Å². The molecule has 4 nitrogen and oxygen atoms in total. The first-order valence-electron chi connectivity index (χ1n) is 6.51. The number of carbonyl (C=O) groups excluding carboxylic acids is 1. The topological polar surface area (TPSA) is 44.4 Å². The van der Waals surface area contributed by atoms with E-state index < -0.39 is 0 Å². The summed E-state index contributed by atoms with van der Waals surface area (Å²) >= 11 is 0. The van der Waals surface area contributed by atoms with Gasteiger partial charge >= 0.3 is 0 Å². The summed E-state index contributed by atoms with van der Waals surface area (Å²) in [5.74, 6) is 0.132. The van der Waals surface area contributed by atoms with E-state index in [4.69, 9.17) is 0 Å². The molecule has 0 aliphatic carbocycles. The molecule has 1 aliphatic heterocycles. The predicted molar refractivity (Wildman–Crippen MR) is 66.2 cm³/mol. The van der Waals surface area contributed by atoms with E-state index in [2.05, 4.69) is 22.5 Å². The zero-order valence-electron chi connectivity index (χ0n) is 10.6. The summed E-state index contributed by atoms with van der Waals surface area (Å²) in [5, 5.41) is 6.33. The Morgan fingerprint density at radius 2 is 2.25 bits per heavy atom. The van der Waals surface area contributed by atoms with Gasteiger partial charge in [-0.1, -0.05) is 26.7 Å². The fourth-order valence-electron chi connectivity index (χ4n) is 1.99. The van der Waals surface area contributed by atoms with Gasteiger partial charge in [-0.2, -0.15) is 0 Å². The second-order valence-electron chi connectivity index (χ2n) is 4.44. The van der Waals surface area contributed by atoms with Crippen molar-refractivity contribution < 1.29 is 4.79 Å². The minimum atomic E-state index is 0.132. The number of piperazine rings is 1. The number of unbranched alkanes of at least 4 members (excludes halogenated alkanes) is 2. The first kappa shape index (κ1) is 13.5. The molecular formula is C12H25N3O. The molecule has 1 heterocycles. The van der Waals surface area contributed by atoms with Gasteiger partial charge in [0.25, 0.3) is 0 Å². The SMILES string of the molecule is CCCCCN1CCNC(NC(=O)CC)C1. The quantitative estimate of drug-likeness (QED) is 0.664. The lowest BCUT2D eigenvalue weighted by molar-refractivity contribution is -0.122. The van der Waals surface area contributed by atoms with Gasteiger partial charge in [-0.05, 0) is 13.0 Å². The average molecular weight is 227 g/mol. The highest BCUT2D eigenvalue weighted by molar-refractivity contribution is 5.75. The van der Waals surface area contributed by atoms with E-state index in [0.717, 1.165) is 26.2 Å². The smallest absolute Gasteiger partial charge is 0.220 e. The van der Waals surface area contributed by atoms with Crippen LogP contribution in [0.3, 0.4) is 0 Å². The second-order valence-corrected chi connectivity index (χ2v) is 4.44. The monoisotopic (exact) mass is 227 g/mol. The molecule has 1 atom stereocenters. The van der Waals surface area contributed by atoms with Crippen molar-refractivity contribution in [3.63, 3.8) is 0 Å². The Bertz CT molecular complexity index is 208.